The van der Waals surface area contributed by atoms with Gasteiger partial charge in [-0.15, -0.1) is 10.2 Å². The number of halogens is 3. The van der Waals surface area contributed by atoms with Gasteiger partial charge >= 0.3 is 6.18 Å². The van der Waals surface area contributed by atoms with Gasteiger partial charge in [0.2, 0.25) is 0 Å². The first kappa shape index (κ1) is 19.9. The first-order chi connectivity index (χ1) is 14.3. The largest absolute Gasteiger partial charge is 0.416 e. The first-order valence-corrected chi connectivity index (χ1v) is 9.38. The van der Waals surface area contributed by atoms with E-state index in [1.165, 1.54) is 12.1 Å². The molecule has 4 rings (SSSR count). The zero-order chi connectivity index (χ0) is 21.3. The molecule has 0 atom stereocenters. The molecule has 1 saturated heterocycles. The van der Waals surface area contributed by atoms with Gasteiger partial charge in [0.25, 0.3) is 5.91 Å². The number of piperazine rings is 1. The molecule has 0 spiro atoms. The lowest BCUT2D eigenvalue weighted by molar-refractivity contribution is -0.137. The third-order valence-electron chi connectivity index (χ3n) is 5.04. The van der Waals surface area contributed by atoms with Crippen molar-refractivity contribution in [3.05, 3.63) is 65.7 Å². The molecule has 30 heavy (non-hydrogen) atoms. The highest BCUT2D eigenvalue weighted by molar-refractivity contribution is 5.94. The van der Waals surface area contributed by atoms with Crippen LogP contribution in [0.4, 0.5) is 19.0 Å². The van der Waals surface area contributed by atoms with Crippen LogP contribution in [0.5, 0.6) is 0 Å². The van der Waals surface area contributed by atoms with Crippen LogP contribution in [-0.4, -0.2) is 56.7 Å². The highest BCUT2D eigenvalue weighted by Crippen LogP contribution is 2.30. The molecular formula is C20H19F3N6O. The van der Waals surface area contributed by atoms with Gasteiger partial charge in [0.05, 0.1) is 5.56 Å². The maximum absolute atomic E-state index is 12.9. The van der Waals surface area contributed by atoms with Crippen molar-refractivity contribution >= 4 is 11.7 Å². The smallest absolute Gasteiger partial charge is 0.352 e. The van der Waals surface area contributed by atoms with Crippen molar-refractivity contribution in [1.29, 1.82) is 0 Å². The third-order valence-corrected chi connectivity index (χ3v) is 5.04. The summed E-state index contributed by atoms with van der Waals surface area (Å²) < 4.78 is 40.5. The quantitative estimate of drug-likeness (QED) is 0.657. The van der Waals surface area contributed by atoms with Crippen molar-refractivity contribution in [2.24, 2.45) is 0 Å². The Morgan fingerprint density at radius 3 is 2.30 bits per heavy atom. The average molecular weight is 416 g/mol. The molecule has 0 aliphatic carbocycles. The highest BCUT2D eigenvalue weighted by atomic mass is 19.4. The third kappa shape index (κ3) is 3.98. The van der Waals surface area contributed by atoms with Crippen molar-refractivity contribution in [3.8, 4) is 5.82 Å². The fourth-order valence-corrected chi connectivity index (χ4v) is 3.39. The van der Waals surface area contributed by atoms with E-state index in [0.29, 0.717) is 37.8 Å². The monoisotopic (exact) mass is 416 g/mol. The summed E-state index contributed by atoms with van der Waals surface area (Å²) in [6, 6.07) is 8.22. The van der Waals surface area contributed by atoms with E-state index in [0.717, 1.165) is 18.0 Å². The molecule has 1 fully saturated rings. The van der Waals surface area contributed by atoms with E-state index in [1.54, 1.807) is 17.3 Å². The minimum Gasteiger partial charge on any atom is -0.352 e. The van der Waals surface area contributed by atoms with E-state index in [9.17, 15) is 18.0 Å². The van der Waals surface area contributed by atoms with E-state index in [1.807, 2.05) is 28.5 Å². The second kappa shape index (κ2) is 7.77. The van der Waals surface area contributed by atoms with Crippen LogP contribution in [0, 0.1) is 6.92 Å². The van der Waals surface area contributed by atoms with Crippen molar-refractivity contribution in [3.63, 3.8) is 0 Å². The van der Waals surface area contributed by atoms with Gasteiger partial charge < -0.3 is 9.80 Å². The Hall–Kier alpha value is -3.43. The van der Waals surface area contributed by atoms with Gasteiger partial charge in [-0.2, -0.15) is 13.2 Å². The van der Waals surface area contributed by atoms with E-state index in [4.69, 9.17) is 0 Å². The van der Waals surface area contributed by atoms with Gasteiger partial charge in [0, 0.05) is 44.1 Å². The van der Waals surface area contributed by atoms with Gasteiger partial charge in [-0.05, 0) is 37.3 Å². The molecule has 1 amide bonds. The number of carbonyl (C=O) groups excluding carboxylic acids is 1. The number of benzene rings is 1. The maximum atomic E-state index is 12.9. The van der Waals surface area contributed by atoms with Crippen molar-refractivity contribution < 1.29 is 18.0 Å². The number of hydrogen-bond acceptors (Lipinski definition) is 5. The molecular weight excluding hydrogens is 397 g/mol. The van der Waals surface area contributed by atoms with Crippen LogP contribution < -0.4 is 4.90 Å². The zero-order valence-corrected chi connectivity index (χ0v) is 16.2. The normalized spacial score (nSPS) is 14.8. The fraction of sp³-hybridized carbons (Fsp3) is 0.300. The number of nitrogens with zero attached hydrogens (tertiary/aromatic N) is 6. The number of amides is 1. The van der Waals surface area contributed by atoms with Crippen molar-refractivity contribution in [1.82, 2.24) is 24.6 Å². The van der Waals surface area contributed by atoms with E-state index in [2.05, 4.69) is 15.2 Å². The van der Waals surface area contributed by atoms with E-state index >= 15 is 0 Å². The molecule has 156 valence electrons. The van der Waals surface area contributed by atoms with Gasteiger partial charge in [-0.1, -0.05) is 6.07 Å². The molecule has 10 heteroatoms. The number of aryl methyl sites for hydroxylation is 1. The summed E-state index contributed by atoms with van der Waals surface area (Å²) in [5.74, 6) is 1.74. The number of imidazole rings is 1. The zero-order valence-electron chi connectivity index (χ0n) is 16.2. The number of aromatic nitrogens is 4. The number of anilines is 1. The lowest BCUT2D eigenvalue weighted by Crippen LogP contribution is -2.49. The number of hydrogen-bond donors (Lipinski definition) is 0. The summed E-state index contributed by atoms with van der Waals surface area (Å²) in [7, 11) is 0. The lowest BCUT2D eigenvalue weighted by atomic mass is 10.1. The van der Waals surface area contributed by atoms with Crippen LogP contribution in [0.3, 0.4) is 0 Å². The Labute approximate surface area is 170 Å². The van der Waals surface area contributed by atoms with Crippen LogP contribution in [0.2, 0.25) is 0 Å². The number of carbonyl (C=O) groups is 1. The van der Waals surface area contributed by atoms with Crippen LogP contribution in [0.1, 0.15) is 21.7 Å². The maximum Gasteiger partial charge on any atom is 0.416 e. The predicted octanol–water partition coefficient (Wildman–Crippen LogP) is 2.95. The summed E-state index contributed by atoms with van der Waals surface area (Å²) in [4.78, 5) is 20.3. The topological polar surface area (TPSA) is 67.2 Å². The second-order valence-electron chi connectivity index (χ2n) is 6.95. The Kier molecular flexibility index (Phi) is 5.15. The summed E-state index contributed by atoms with van der Waals surface area (Å²) in [6.45, 7) is 3.68. The highest BCUT2D eigenvalue weighted by Gasteiger charge is 2.31. The minimum atomic E-state index is -4.48. The average Bonchev–Trinajstić information content (AvgIpc) is 3.19. The first-order valence-electron chi connectivity index (χ1n) is 9.38. The molecule has 3 aromatic rings. The van der Waals surface area contributed by atoms with Crippen LogP contribution in [0.15, 0.2) is 48.8 Å². The molecule has 3 heterocycles. The summed E-state index contributed by atoms with van der Waals surface area (Å²) in [5, 5.41) is 8.50. The van der Waals surface area contributed by atoms with Gasteiger partial charge in [0.15, 0.2) is 11.6 Å². The van der Waals surface area contributed by atoms with Crippen molar-refractivity contribution in [2.45, 2.75) is 13.1 Å². The summed E-state index contributed by atoms with van der Waals surface area (Å²) in [5.41, 5.74) is -0.784. The number of alkyl halides is 3. The lowest BCUT2D eigenvalue weighted by Gasteiger charge is -2.35. The molecule has 1 aromatic carbocycles. The molecule has 7 nitrogen and oxygen atoms in total. The predicted molar refractivity (Wildman–Crippen MR) is 103 cm³/mol. The van der Waals surface area contributed by atoms with Crippen LogP contribution >= 0.6 is 0 Å². The van der Waals surface area contributed by atoms with E-state index < -0.39 is 17.6 Å². The molecule has 0 bridgehead atoms. The molecule has 2 aromatic heterocycles. The Bertz CT molecular complexity index is 1040. The van der Waals surface area contributed by atoms with Crippen LogP contribution in [0.25, 0.3) is 5.82 Å². The van der Waals surface area contributed by atoms with Gasteiger partial charge in [-0.3, -0.25) is 9.36 Å². The minimum absolute atomic E-state index is 0.0399. The van der Waals surface area contributed by atoms with E-state index in [-0.39, 0.29) is 5.56 Å². The standard InChI is InChI=1S/C20H19F3N6O/c1-14-24-7-8-29(14)18-6-5-17(25-26-18)27-9-11-28(12-10-27)19(30)15-3-2-4-16(13-15)20(21,22)23/h2-8,13H,9-12H2,1H3. The fourth-order valence-electron chi connectivity index (χ4n) is 3.39. The molecule has 1 aliphatic heterocycles. The van der Waals surface area contributed by atoms with Crippen LogP contribution in [-0.2, 0) is 6.18 Å². The second-order valence-corrected chi connectivity index (χ2v) is 6.95. The molecule has 0 N–H and O–H groups in total. The molecule has 0 saturated carbocycles. The Balaban J connectivity index is 1.40. The Morgan fingerprint density at radius 1 is 1.00 bits per heavy atom. The molecule has 0 radical (unpaired) electrons. The molecule has 0 unspecified atom stereocenters. The Morgan fingerprint density at radius 2 is 1.70 bits per heavy atom. The summed E-state index contributed by atoms with van der Waals surface area (Å²) in [6.07, 6.45) is -0.988. The van der Waals surface area contributed by atoms with Crippen molar-refractivity contribution in [2.75, 3.05) is 31.1 Å². The molecule has 1 aliphatic rings. The summed E-state index contributed by atoms with van der Waals surface area (Å²) >= 11 is 0. The van der Waals surface area contributed by atoms with Gasteiger partial charge in [0.1, 0.15) is 5.82 Å². The number of rotatable bonds is 3. The SMILES string of the molecule is Cc1nccn1-c1ccc(N2CCN(C(=O)c3cccc(C(F)(F)F)c3)CC2)nn1. The van der Waals surface area contributed by atoms with Gasteiger partial charge in [-0.25, -0.2) is 4.98 Å².